The van der Waals surface area contributed by atoms with Crippen molar-refractivity contribution in [3.8, 4) is 11.5 Å². The van der Waals surface area contributed by atoms with Gasteiger partial charge in [-0.3, -0.25) is 4.79 Å². The van der Waals surface area contributed by atoms with E-state index in [1.165, 1.54) is 6.07 Å². The van der Waals surface area contributed by atoms with Gasteiger partial charge in [-0.1, -0.05) is 29.4 Å². The zero-order chi connectivity index (χ0) is 20.5. The van der Waals surface area contributed by atoms with Crippen LogP contribution in [0.2, 0.25) is 0 Å². The van der Waals surface area contributed by atoms with E-state index in [1.807, 2.05) is 25.1 Å². The molecule has 0 spiro atoms. The third-order valence-corrected chi connectivity index (χ3v) is 4.96. The number of aryl methyl sites for hydroxylation is 1. The third kappa shape index (κ3) is 3.63. The van der Waals surface area contributed by atoms with Gasteiger partial charge in [0.05, 0.1) is 12.2 Å². The fourth-order valence-electron chi connectivity index (χ4n) is 3.57. The van der Waals surface area contributed by atoms with Crippen molar-refractivity contribution in [2.24, 2.45) is 0 Å². The molecule has 0 saturated heterocycles. The van der Waals surface area contributed by atoms with Crippen LogP contribution in [-0.4, -0.2) is 29.1 Å². The molecule has 0 aliphatic carbocycles. The van der Waals surface area contributed by atoms with E-state index in [4.69, 9.17) is 4.52 Å². The lowest BCUT2D eigenvalue weighted by Crippen LogP contribution is -2.34. The van der Waals surface area contributed by atoms with E-state index in [1.54, 1.807) is 24.0 Å². The lowest BCUT2D eigenvalue weighted by Gasteiger charge is -2.19. The van der Waals surface area contributed by atoms with Gasteiger partial charge in [0.1, 0.15) is 5.82 Å². The molecule has 1 N–H and O–H groups in total. The lowest BCUT2D eigenvalue weighted by atomic mass is 10.00. The van der Waals surface area contributed by atoms with Crippen LogP contribution in [-0.2, 0) is 11.2 Å². The van der Waals surface area contributed by atoms with Crippen molar-refractivity contribution in [1.29, 1.82) is 0 Å². The molecule has 1 amide bonds. The first-order valence-electron chi connectivity index (χ1n) is 9.36. The molecule has 148 valence electrons. The van der Waals surface area contributed by atoms with Crippen LogP contribution in [0, 0.1) is 12.7 Å². The van der Waals surface area contributed by atoms with Crippen molar-refractivity contribution in [2.45, 2.75) is 20.3 Å². The second kappa shape index (κ2) is 7.50. The maximum Gasteiger partial charge on any atom is 0.257 e. The minimum Gasteiger partial charge on any atom is -0.374 e. The standard InChI is InChI=1S/C22H21FN4O2/c1-13(2)16-5-4-6-20-17(16)9-10-27(20)21(28)12-24-19-11-15(7-8-18(19)23)22-25-14(3)26-29-22/h4-8,11,24H,1,9-10,12H2,2-3H3. The summed E-state index contributed by atoms with van der Waals surface area (Å²) in [6, 6.07) is 10.3. The topological polar surface area (TPSA) is 71.3 Å². The van der Waals surface area contributed by atoms with Gasteiger partial charge in [0, 0.05) is 17.8 Å². The molecular weight excluding hydrogens is 371 g/mol. The normalized spacial score (nSPS) is 12.7. The number of anilines is 2. The number of hydrogen-bond donors (Lipinski definition) is 1. The number of nitrogens with one attached hydrogen (secondary N) is 1. The number of fused-ring (bicyclic) bond motifs is 1. The van der Waals surface area contributed by atoms with Crippen LogP contribution in [0.5, 0.6) is 0 Å². The number of carbonyl (C=O) groups excluding carboxylic acids is 1. The van der Waals surface area contributed by atoms with Gasteiger partial charge in [-0.15, -0.1) is 0 Å². The minimum absolute atomic E-state index is 0.0278. The van der Waals surface area contributed by atoms with Gasteiger partial charge in [0.15, 0.2) is 5.82 Å². The fourth-order valence-corrected chi connectivity index (χ4v) is 3.57. The summed E-state index contributed by atoms with van der Waals surface area (Å²) in [5.41, 5.74) is 4.88. The van der Waals surface area contributed by atoms with Crippen LogP contribution in [0.3, 0.4) is 0 Å². The van der Waals surface area contributed by atoms with Gasteiger partial charge in [-0.05, 0) is 55.7 Å². The molecule has 1 aliphatic heterocycles. The molecule has 29 heavy (non-hydrogen) atoms. The largest absolute Gasteiger partial charge is 0.374 e. The molecule has 1 aromatic heterocycles. The van der Waals surface area contributed by atoms with Crippen LogP contribution in [0.4, 0.5) is 15.8 Å². The highest BCUT2D eigenvalue weighted by molar-refractivity contribution is 5.99. The Morgan fingerprint density at radius 3 is 2.90 bits per heavy atom. The second-order valence-electron chi connectivity index (χ2n) is 7.07. The molecule has 1 aliphatic rings. The minimum atomic E-state index is -0.454. The van der Waals surface area contributed by atoms with Crippen LogP contribution >= 0.6 is 0 Å². The van der Waals surface area contributed by atoms with Crippen molar-refractivity contribution >= 4 is 22.9 Å². The second-order valence-corrected chi connectivity index (χ2v) is 7.07. The van der Waals surface area contributed by atoms with E-state index >= 15 is 0 Å². The monoisotopic (exact) mass is 392 g/mol. The summed E-state index contributed by atoms with van der Waals surface area (Å²) in [5.74, 6) is 0.221. The zero-order valence-corrected chi connectivity index (χ0v) is 16.3. The SMILES string of the molecule is C=C(C)c1cccc2c1CCN2C(=O)CNc1cc(-c2nc(C)no2)ccc1F. The lowest BCUT2D eigenvalue weighted by molar-refractivity contribution is -0.116. The van der Waals surface area contributed by atoms with Crippen molar-refractivity contribution < 1.29 is 13.7 Å². The number of hydrogen-bond acceptors (Lipinski definition) is 5. The molecule has 6 nitrogen and oxygen atoms in total. The van der Waals surface area contributed by atoms with Crippen LogP contribution < -0.4 is 10.2 Å². The highest BCUT2D eigenvalue weighted by Gasteiger charge is 2.26. The van der Waals surface area contributed by atoms with Gasteiger partial charge < -0.3 is 14.7 Å². The van der Waals surface area contributed by atoms with Crippen LogP contribution in [0.15, 0.2) is 47.5 Å². The summed E-state index contributed by atoms with van der Waals surface area (Å²) in [6.07, 6.45) is 0.782. The van der Waals surface area contributed by atoms with Crippen molar-refractivity contribution in [3.05, 3.63) is 65.7 Å². The third-order valence-electron chi connectivity index (χ3n) is 4.96. The van der Waals surface area contributed by atoms with E-state index in [0.717, 1.165) is 28.8 Å². The molecule has 0 bridgehead atoms. The van der Waals surface area contributed by atoms with Crippen LogP contribution in [0.25, 0.3) is 17.0 Å². The van der Waals surface area contributed by atoms with Gasteiger partial charge in [-0.2, -0.15) is 4.98 Å². The Morgan fingerprint density at radius 2 is 2.17 bits per heavy atom. The summed E-state index contributed by atoms with van der Waals surface area (Å²) in [7, 11) is 0. The first kappa shape index (κ1) is 18.9. The predicted molar refractivity (Wildman–Crippen MR) is 110 cm³/mol. The zero-order valence-electron chi connectivity index (χ0n) is 16.3. The first-order valence-corrected chi connectivity index (χ1v) is 9.36. The summed E-state index contributed by atoms with van der Waals surface area (Å²) in [5, 5.41) is 6.65. The number of amides is 1. The summed E-state index contributed by atoms with van der Waals surface area (Å²) in [4.78, 5) is 18.7. The molecule has 7 heteroatoms. The Hall–Kier alpha value is -3.48. The molecule has 0 saturated carbocycles. The maximum absolute atomic E-state index is 14.2. The Kier molecular flexibility index (Phi) is 4.88. The highest BCUT2D eigenvalue weighted by Crippen LogP contribution is 2.33. The molecule has 0 atom stereocenters. The first-order chi connectivity index (χ1) is 13.9. The van der Waals surface area contributed by atoms with E-state index in [0.29, 0.717) is 23.8 Å². The van der Waals surface area contributed by atoms with E-state index in [2.05, 4.69) is 22.0 Å². The highest BCUT2D eigenvalue weighted by atomic mass is 19.1. The number of halogens is 1. The van der Waals surface area contributed by atoms with E-state index in [9.17, 15) is 9.18 Å². The Morgan fingerprint density at radius 1 is 1.34 bits per heavy atom. The van der Waals surface area contributed by atoms with Crippen molar-refractivity contribution in [3.63, 3.8) is 0 Å². The number of aromatic nitrogens is 2. The predicted octanol–water partition coefficient (Wildman–Crippen LogP) is 4.22. The summed E-state index contributed by atoms with van der Waals surface area (Å²) < 4.78 is 19.4. The number of allylic oxidation sites excluding steroid dienone is 1. The van der Waals surface area contributed by atoms with E-state index < -0.39 is 5.82 Å². The Balaban J connectivity index is 1.50. The van der Waals surface area contributed by atoms with Gasteiger partial charge >= 0.3 is 0 Å². The average Bonchev–Trinajstić information content (AvgIpc) is 3.33. The molecule has 2 aromatic carbocycles. The van der Waals surface area contributed by atoms with Gasteiger partial charge in [0.25, 0.3) is 5.89 Å². The quantitative estimate of drug-likeness (QED) is 0.704. The van der Waals surface area contributed by atoms with Crippen molar-refractivity contribution in [1.82, 2.24) is 10.1 Å². The molecule has 2 heterocycles. The molecular formula is C22H21FN4O2. The number of rotatable bonds is 5. The molecule has 0 radical (unpaired) electrons. The molecule has 0 fully saturated rings. The Bertz CT molecular complexity index is 1110. The smallest absolute Gasteiger partial charge is 0.257 e. The van der Waals surface area contributed by atoms with Crippen molar-refractivity contribution in [2.75, 3.05) is 23.3 Å². The summed E-state index contributed by atoms with van der Waals surface area (Å²) in [6.45, 7) is 8.26. The number of benzene rings is 2. The van der Waals surface area contributed by atoms with Gasteiger partial charge in [0.2, 0.25) is 5.91 Å². The Labute approximate surface area is 168 Å². The number of carbonyl (C=O) groups is 1. The maximum atomic E-state index is 14.2. The average molecular weight is 392 g/mol. The fraction of sp³-hybridized carbons (Fsp3) is 0.227. The van der Waals surface area contributed by atoms with Gasteiger partial charge in [-0.25, -0.2) is 4.39 Å². The molecule has 3 aromatic rings. The molecule has 0 unspecified atom stereocenters. The number of nitrogens with zero attached hydrogens (tertiary/aromatic N) is 3. The van der Waals surface area contributed by atoms with E-state index in [-0.39, 0.29) is 18.1 Å². The van der Waals surface area contributed by atoms with Crippen LogP contribution in [0.1, 0.15) is 23.9 Å². The summed E-state index contributed by atoms with van der Waals surface area (Å²) >= 11 is 0. The molecule has 4 rings (SSSR count).